The van der Waals surface area contributed by atoms with Crippen molar-refractivity contribution in [1.82, 2.24) is 9.97 Å². The first-order valence-electron chi connectivity index (χ1n) is 4.46. The number of nitrogens with zero attached hydrogens (tertiary/aromatic N) is 2. The summed E-state index contributed by atoms with van der Waals surface area (Å²) >= 11 is 0. The topological polar surface area (TPSA) is 56.0 Å². The van der Waals surface area contributed by atoms with Crippen LogP contribution < -0.4 is 0 Å². The predicted molar refractivity (Wildman–Crippen MR) is 54.7 cm³/mol. The Bertz CT molecular complexity index is 658. The fraction of sp³-hybridized carbons (Fsp3) is 0. The summed E-state index contributed by atoms with van der Waals surface area (Å²) in [5.74, 6) is 0. The second-order valence-corrected chi connectivity index (χ2v) is 3.16. The van der Waals surface area contributed by atoms with Crippen LogP contribution in [0.25, 0.3) is 21.9 Å². The van der Waals surface area contributed by atoms with E-state index < -0.39 is 0 Å². The molecule has 0 aliphatic carbocycles. The molecule has 0 aromatic carbocycles. The predicted octanol–water partition coefficient (Wildman–Crippen LogP) is 2.19. The van der Waals surface area contributed by atoms with Gasteiger partial charge in [0, 0.05) is 24.0 Å². The van der Waals surface area contributed by atoms with E-state index in [2.05, 4.69) is 9.97 Å². The minimum atomic E-state index is 0.388. The Labute approximate surface area is 84.6 Å². The van der Waals surface area contributed by atoms with Crippen LogP contribution in [0, 0.1) is 0 Å². The second-order valence-electron chi connectivity index (χ2n) is 3.16. The van der Waals surface area contributed by atoms with E-state index in [1.165, 1.54) is 0 Å². The highest BCUT2D eigenvalue weighted by Crippen LogP contribution is 2.28. The van der Waals surface area contributed by atoms with Gasteiger partial charge < -0.3 is 4.42 Å². The molecular weight excluding hydrogens is 192 g/mol. The lowest BCUT2D eigenvalue weighted by Gasteiger charge is -1.91. The number of aldehydes is 1. The number of hydrogen-bond acceptors (Lipinski definition) is 4. The molecule has 72 valence electrons. The van der Waals surface area contributed by atoms with Crippen molar-refractivity contribution in [2.75, 3.05) is 0 Å². The van der Waals surface area contributed by atoms with Gasteiger partial charge in [0.1, 0.15) is 16.9 Å². The van der Waals surface area contributed by atoms with Crippen LogP contribution in [0.3, 0.4) is 0 Å². The number of pyridine rings is 2. The van der Waals surface area contributed by atoms with E-state index in [1.807, 2.05) is 0 Å². The molecule has 0 radical (unpaired) electrons. The number of hydrogen-bond donors (Lipinski definition) is 0. The molecule has 0 amide bonds. The van der Waals surface area contributed by atoms with E-state index in [4.69, 9.17) is 4.42 Å². The Morgan fingerprint density at radius 1 is 1.20 bits per heavy atom. The Morgan fingerprint density at radius 3 is 2.93 bits per heavy atom. The van der Waals surface area contributed by atoms with Gasteiger partial charge in [0.05, 0.1) is 5.39 Å². The largest absolute Gasteiger partial charge is 0.456 e. The number of carbonyl (C=O) groups is 1. The molecule has 3 aromatic heterocycles. The van der Waals surface area contributed by atoms with Crippen LogP contribution in [-0.2, 0) is 0 Å². The molecular formula is C11H6N2O2. The molecule has 4 nitrogen and oxygen atoms in total. The minimum Gasteiger partial charge on any atom is -0.456 e. The van der Waals surface area contributed by atoms with E-state index in [9.17, 15) is 4.79 Å². The molecule has 0 saturated carbocycles. The Morgan fingerprint density at radius 2 is 2.07 bits per heavy atom. The van der Waals surface area contributed by atoms with Gasteiger partial charge in [0.15, 0.2) is 6.29 Å². The summed E-state index contributed by atoms with van der Waals surface area (Å²) in [6.07, 6.45) is 5.61. The van der Waals surface area contributed by atoms with E-state index in [-0.39, 0.29) is 0 Å². The fourth-order valence-electron chi connectivity index (χ4n) is 1.68. The average Bonchev–Trinajstić information content (AvgIpc) is 2.67. The van der Waals surface area contributed by atoms with Crippen molar-refractivity contribution in [3.05, 3.63) is 36.4 Å². The molecule has 0 bridgehead atoms. The normalized spacial score (nSPS) is 10.9. The quantitative estimate of drug-likeness (QED) is 0.562. The maximum Gasteiger partial charge on any atom is 0.169 e. The number of fused-ring (bicyclic) bond motifs is 3. The maximum absolute atomic E-state index is 10.8. The van der Waals surface area contributed by atoms with Crippen LogP contribution in [0.5, 0.6) is 0 Å². The molecule has 0 N–H and O–H groups in total. The minimum absolute atomic E-state index is 0.388. The zero-order valence-corrected chi connectivity index (χ0v) is 7.68. The van der Waals surface area contributed by atoms with Crippen molar-refractivity contribution in [3.8, 4) is 0 Å². The highest BCUT2D eigenvalue weighted by molar-refractivity contribution is 6.10. The lowest BCUT2D eigenvalue weighted by molar-refractivity contribution is 0.112. The van der Waals surface area contributed by atoms with Gasteiger partial charge in [-0.15, -0.1) is 0 Å². The number of aromatic nitrogens is 2. The summed E-state index contributed by atoms with van der Waals surface area (Å²) in [5.41, 5.74) is 1.77. The average molecular weight is 198 g/mol. The summed E-state index contributed by atoms with van der Waals surface area (Å²) in [7, 11) is 0. The van der Waals surface area contributed by atoms with E-state index in [1.54, 1.807) is 30.7 Å². The molecule has 3 rings (SSSR count). The summed E-state index contributed by atoms with van der Waals surface area (Å²) in [6, 6.07) is 3.51. The first-order chi connectivity index (χ1) is 7.40. The molecule has 0 aliphatic heterocycles. The Hall–Kier alpha value is -2.23. The molecule has 0 atom stereocenters. The Kier molecular flexibility index (Phi) is 1.56. The molecule has 0 unspecified atom stereocenters. The standard InChI is InChI=1S/C11H6N2O2/c14-6-8-11-7-5-12-3-1-9(7)15-10(11)2-4-13-8/h1-6H. The highest BCUT2D eigenvalue weighted by atomic mass is 16.3. The van der Waals surface area contributed by atoms with Crippen LogP contribution in [0.1, 0.15) is 10.5 Å². The van der Waals surface area contributed by atoms with Gasteiger partial charge in [-0.3, -0.25) is 14.8 Å². The molecule has 3 aromatic rings. The lowest BCUT2D eigenvalue weighted by atomic mass is 10.2. The van der Waals surface area contributed by atoms with Gasteiger partial charge in [-0.1, -0.05) is 0 Å². The zero-order chi connectivity index (χ0) is 10.3. The van der Waals surface area contributed by atoms with Crippen LogP contribution in [-0.4, -0.2) is 16.3 Å². The molecule has 0 spiro atoms. The van der Waals surface area contributed by atoms with Crippen LogP contribution in [0.2, 0.25) is 0 Å². The van der Waals surface area contributed by atoms with E-state index in [0.717, 1.165) is 22.6 Å². The SMILES string of the molecule is O=Cc1nccc2oc3ccncc3c12. The van der Waals surface area contributed by atoms with Gasteiger partial charge in [0.25, 0.3) is 0 Å². The lowest BCUT2D eigenvalue weighted by Crippen LogP contribution is -1.85. The smallest absolute Gasteiger partial charge is 0.169 e. The first kappa shape index (κ1) is 8.11. The summed E-state index contributed by atoms with van der Waals surface area (Å²) in [5, 5.41) is 1.55. The van der Waals surface area contributed by atoms with E-state index in [0.29, 0.717) is 11.3 Å². The third kappa shape index (κ3) is 1.05. The molecule has 4 heteroatoms. The molecule has 0 fully saturated rings. The molecule has 15 heavy (non-hydrogen) atoms. The van der Waals surface area contributed by atoms with Gasteiger partial charge in [0.2, 0.25) is 0 Å². The fourth-order valence-corrected chi connectivity index (χ4v) is 1.68. The third-order valence-electron chi connectivity index (χ3n) is 2.32. The maximum atomic E-state index is 10.8. The van der Waals surface area contributed by atoms with Crippen molar-refractivity contribution in [1.29, 1.82) is 0 Å². The van der Waals surface area contributed by atoms with Gasteiger partial charge in [-0.05, 0) is 12.1 Å². The summed E-state index contributed by atoms with van der Waals surface area (Å²) in [6.45, 7) is 0. The van der Waals surface area contributed by atoms with Crippen molar-refractivity contribution < 1.29 is 9.21 Å². The van der Waals surface area contributed by atoms with Crippen molar-refractivity contribution in [3.63, 3.8) is 0 Å². The van der Waals surface area contributed by atoms with Gasteiger partial charge >= 0.3 is 0 Å². The third-order valence-corrected chi connectivity index (χ3v) is 2.32. The number of rotatable bonds is 1. The first-order valence-corrected chi connectivity index (χ1v) is 4.46. The summed E-state index contributed by atoms with van der Waals surface area (Å²) < 4.78 is 5.56. The van der Waals surface area contributed by atoms with Crippen LogP contribution in [0.15, 0.2) is 35.1 Å². The second kappa shape index (κ2) is 2.88. The van der Waals surface area contributed by atoms with Crippen molar-refractivity contribution >= 4 is 28.2 Å². The number of carbonyl (C=O) groups excluding carboxylic acids is 1. The van der Waals surface area contributed by atoms with Crippen molar-refractivity contribution in [2.24, 2.45) is 0 Å². The molecule has 0 saturated heterocycles. The van der Waals surface area contributed by atoms with Crippen molar-refractivity contribution in [2.45, 2.75) is 0 Å². The summed E-state index contributed by atoms with van der Waals surface area (Å²) in [4.78, 5) is 18.8. The zero-order valence-electron chi connectivity index (χ0n) is 7.68. The monoisotopic (exact) mass is 198 g/mol. The van der Waals surface area contributed by atoms with Gasteiger partial charge in [-0.25, -0.2) is 0 Å². The highest BCUT2D eigenvalue weighted by Gasteiger charge is 2.10. The van der Waals surface area contributed by atoms with E-state index >= 15 is 0 Å². The Balaban J connectivity index is 2.62. The van der Waals surface area contributed by atoms with Crippen LogP contribution in [0.4, 0.5) is 0 Å². The van der Waals surface area contributed by atoms with Crippen LogP contribution >= 0.6 is 0 Å². The molecule has 3 heterocycles. The van der Waals surface area contributed by atoms with Gasteiger partial charge in [-0.2, -0.15) is 0 Å². The number of furan rings is 1. The molecule has 0 aliphatic rings.